The van der Waals surface area contributed by atoms with Gasteiger partial charge in [-0.05, 0) is 55.7 Å². The summed E-state index contributed by atoms with van der Waals surface area (Å²) in [6, 6.07) is 3.52. The summed E-state index contributed by atoms with van der Waals surface area (Å²) in [4.78, 5) is 28.4. The predicted octanol–water partition coefficient (Wildman–Crippen LogP) is 1.98. The fourth-order valence-corrected chi connectivity index (χ4v) is 6.29. The summed E-state index contributed by atoms with van der Waals surface area (Å²) < 4.78 is 12.6. The molecule has 0 aromatic carbocycles. The minimum absolute atomic E-state index is 0.0226. The van der Waals surface area contributed by atoms with Crippen LogP contribution < -0.4 is 5.56 Å². The van der Waals surface area contributed by atoms with Crippen LogP contribution >= 0.6 is 0 Å². The van der Waals surface area contributed by atoms with E-state index in [2.05, 4.69) is 17.0 Å². The minimum atomic E-state index is -0.478. The molecule has 0 amide bonds. The molecule has 0 radical (unpaired) electrons. The number of aliphatic hydroxyl groups excluding tert-OH is 1. The molecule has 168 valence electrons. The Morgan fingerprint density at radius 1 is 1.29 bits per heavy atom. The third-order valence-electron chi connectivity index (χ3n) is 7.83. The molecule has 3 aliphatic heterocycles. The fourth-order valence-electron chi connectivity index (χ4n) is 6.29. The summed E-state index contributed by atoms with van der Waals surface area (Å²) in [6.07, 6.45) is 7.21. The van der Waals surface area contributed by atoms with E-state index < -0.39 is 6.04 Å². The van der Waals surface area contributed by atoms with Crippen molar-refractivity contribution in [1.82, 2.24) is 9.47 Å². The highest BCUT2D eigenvalue weighted by molar-refractivity contribution is 5.77. The van der Waals surface area contributed by atoms with Gasteiger partial charge in [0.2, 0.25) is 0 Å². The number of carbonyl (C=O) groups is 1. The highest BCUT2D eigenvalue weighted by Gasteiger charge is 2.56. The number of pyridine rings is 1. The average Bonchev–Trinajstić information content (AvgIpc) is 3.51. The molecule has 1 aromatic rings. The summed E-state index contributed by atoms with van der Waals surface area (Å²) in [5.74, 6) is -0.0787. The van der Waals surface area contributed by atoms with Gasteiger partial charge < -0.3 is 19.1 Å². The molecule has 2 saturated heterocycles. The Balaban J connectivity index is 1.53. The maximum Gasteiger partial charge on any atom is 0.323 e. The zero-order valence-corrected chi connectivity index (χ0v) is 18.2. The summed E-state index contributed by atoms with van der Waals surface area (Å²) in [5, 5.41) is 10.3. The molecule has 7 heteroatoms. The second-order valence-corrected chi connectivity index (χ2v) is 9.38. The zero-order chi connectivity index (χ0) is 21.5. The van der Waals surface area contributed by atoms with Gasteiger partial charge in [0, 0.05) is 56.0 Å². The van der Waals surface area contributed by atoms with Crippen molar-refractivity contribution < 1.29 is 19.4 Å². The predicted molar refractivity (Wildman–Crippen MR) is 115 cm³/mol. The van der Waals surface area contributed by atoms with Crippen LogP contribution in [0.1, 0.15) is 49.4 Å². The summed E-state index contributed by atoms with van der Waals surface area (Å²) in [6.45, 7) is 2.69. The van der Waals surface area contributed by atoms with E-state index in [1.54, 1.807) is 0 Å². The second kappa shape index (κ2) is 8.52. The molecule has 4 atom stereocenters. The van der Waals surface area contributed by atoms with E-state index in [4.69, 9.17) is 9.47 Å². The molecule has 0 unspecified atom stereocenters. The lowest BCUT2D eigenvalue weighted by Gasteiger charge is -2.34. The van der Waals surface area contributed by atoms with Crippen molar-refractivity contribution in [2.75, 3.05) is 33.5 Å². The number of esters is 1. The number of aromatic nitrogens is 1. The first-order chi connectivity index (χ1) is 15.1. The van der Waals surface area contributed by atoms with Crippen LogP contribution in [0, 0.1) is 17.8 Å². The molecule has 7 nitrogen and oxygen atoms in total. The lowest BCUT2D eigenvalue weighted by atomic mass is 9.88. The maximum atomic E-state index is 13.4. The first-order valence-corrected chi connectivity index (χ1v) is 11.6. The molecular weight excluding hydrogens is 396 g/mol. The SMILES string of the molecule is COC(=O)[C@@H]1[C@@H](CO)[C@@H]2Cn3c(ccc(C4=CCCC4)c3=O)[C@@H]2N1CC1CCOCC1. The smallest absolute Gasteiger partial charge is 0.323 e. The Labute approximate surface area is 182 Å². The van der Waals surface area contributed by atoms with Gasteiger partial charge in [0.15, 0.2) is 0 Å². The Bertz CT molecular complexity index is 932. The molecule has 0 bridgehead atoms. The van der Waals surface area contributed by atoms with Crippen LogP contribution in [0.25, 0.3) is 5.57 Å². The quantitative estimate of drug-likeness (QED) is 0.723. The lowest BCUT2D eigenvalue weighted by molar-refractivity contribution is -0.148. The highest BCUT2D eigenvalue weighted by Crippen LogP contribution is 2.50. The van der Waals surface area contributed by atoms with E-state index >= 15 is 0 Å². The van der Waals surface area contributed by atoms with Crippen molar-refractivity contribution in [3.63, 3.8) is 0 Å². The fraction of sp³-hybridized carbons (Fsp3) is 0.667. The molecule has 1 aliphatic carbocycles. The van der Waals surface area contributed by atoms with Gasteiger partial charge in [-0.1, -0.05) is 6.08 Å². The molecule has 0 saturated carbocycles. The number of likely N-dealkylation sites (tertiary alicyclic amines) is 1. The van der Waals surface area contributed by atoms with Crippen LogP contribution in [-0.2, 0) is 20.8 Å². The van der Waals surface area contributed by atoms with Gasteiger partial charge >= 0.3 is 5.97 Å². The van der Waals surface area contributed by atoms with E-state index in [0.717, 1.165) is 68.7 Å². The van der Waals surface area contributed by atoms with Crippen molar-refractivity contribution in [3.8, 4) is 0 Å². The normalized spacial score (nSPS) is 30.8. The van der Waals surface area contributed by atoms with Gasteiger partial charge in [-0.25, -0.2) is 0 Å². The van der Waals surface area contributed by atoms with E-state index in [1.807, 2.05) is 10.6 Å². The van der Waals surface area contributed by atoms with Crippen molar-refractivity contribution in [2.45, 2.75) is 50.7 Å². The highest BCUT2D eigenvalue weighted by atomic mass is 16.5. The van der Waals surface area contributed by atoms with Gasteiger partial charge in [-0.3, -0.25) is 14.5 Å². The van der Waals surface area contributed by atoms with Crippen LogP contribution in [-0.4, -0.2) is 60.1 Å². The van der Waals surface area contributed by atoms with Gasteiger partial charge in [0.25, 0.3) is 5.56 Å². The third-order valence-corrected chi connectivity index (χ3v) is 7.83. The van der Waals surface area contributed by atoms with Crippen LogP contribution in [0.15, 0.2) is 23.0 Å². The number of carbonyl (C=O) groups excluding carboxylic acids is 1. The monoisotopic (exact) mass is 428 g/mol. The largest absolute Gasteiger partial charge is 0.468 e. The van der Waals surface area contributed by atoms with E-state index in [0.29, 0.717) is 12.5 Å². The molecule has 1 aromatic heterocycles. The Hall–Kier alpha value is -1.96. The van der Waals surface area contributed by atoms with Crippen molar-refractivity contribution in [1.29, 1.82) is 0 Å². The Morgan fingerprint density at radius 3 is 2.77 bits per heavy atom. The second-order valence-electron chi connectivity index (χ2n) is 9.38. The number of aliphatic hydroxyl groups is 1. The molecule has 1 N–H and O–H groups in total. The van der Waals surface area contributed by atoms with E-state index in [1.165, 1.54) is 7.11 Å². The topological polar surface area (TPSA) is 81.0 Å². The number of hydrogen-bond donors (Lipinski definition) is 1. The van der Waals surface area contributed by atoms with Gasteiger partial charge in [-0.2, -0.15) is 0 Å². The standard InChI is InChI=1S/C24H32N2O5/c1-30-24(29)22-19(14-27)18-13-25-20(7-6-17(23(25)28)16-4-2-3-5-16)21(18)26(22)12-15-8-10-31-11-9-15/h4,6-7,15,18-19,21-22,27H,2-3,5,8-14H2,1H3/t18-,19-,21+,22-/m0/s1. The number of ether oxygens (including phenoxy) is 2. The molecule has 2 fully saturated rings. The number of methoxy groups -OCH3 is 1. The Morgan fingerprint density at radius 2 is 2.10 bits per heavy atom. The molecule has 5 rings (SSSR count). The van der Waals surface area contributed by atoms with Gasteiger partial charge in [0.05, 0.1) is 13.2 Å². The third kappa shape index (κ3) is 3.47. The summed E-state index contributed by atoms with van der Waals surface area (Å²) >= 11 is 0. The van der Waals surface area contributed by atoms with Crippen molar-refractivity contribution in [2.24, 2.45) is 17.8 Å². The summed E-state index contributed by atoms with van der Waals surface area (Å²) in [7, 11) is 1.41. The molecule has 31 heavy (non-hydrogen) atoms. The van der Waals surface area contributed by atoms with Crippen LogP contribution in [0.4, 0.5) is 0 Å². The molecule has 4 aliphatic rings. The molecule has 0 spiro atoms. The van der Waals surface area contributed by atoms with Crippen molar-refractivity contribution in [3.05, 3.63) is 39.8 Å². The van der Waals surface area contributed by atoms with Gasteiger partial charge in [0.1, 0.15) is 6.04 Å². The first-order valence-electron chi connectivity index (χ1n) is 11.6. The molecule has 4 heterocycles. The van der Waals surface area contributed by atoms with Gasteiger partial charge in [-0.15, -0.1) is 0 Å². The zero-order valence-electron chi connectivity index (χ0n) is 18.2. The maximum absolute atomic E-state index is 13.4. The summed E-state index contributed by atoms with van der Waals surface area (Å²) in [5.41, 5.74) is 3.00. The number of rotatable bonds is 5. The van der Waals surface area contributed by atoms with Crippen LogP contribution in [0.2, 0.25) is 0 Å². The van der Waals surface area contributed by atoms with Crippen LogP contribution in [0.5, 0.6) is 0 Å². The number of allylic oxidation sites excluding steroid dienone is 2. The van der Waals surface area contributed by atoms with E-state index in [-0.39, 0.29) is 36.0 Å². The number of nitrogens with zero attached hydrogens (tertiary/aromatic N) is 2. The lowest BCUT2D eigenvalue weighted by Crippen LogP contribution is -2.46. The minimum Gasteiger partial charge on any atom is -0.468 e. The number of hydrogen-bond acceptors (Lipinski definition) is 6. The molecular formula is C24H32N2O5. The Kier molecular flexibility index (Phi) is 5.75. The number of fused-ring (bicyclic) bond motifs is 3. The van der Waals surface area contributed by atoms with Crippen LogP contribution in [0.3, 0.4) is 0 Å². The van der Waals surface area contributed by atoms with E-state index in [9.17, 15) is 14.7 Å². The van der Waals surface area contributed by atoms with Crippen molar-refractivity contribution >= 4 is 11.5 Å². The first kappa shape index (κ1) is 20.9. The average molecular weight is 429 g/mol.